The van der Waals surface area contributed by atoms with Crippen LogP contribution in [-0.4, -0.2) is 38.9 Å². The molecule has 5 rings (SSSR count). The van der Waals surface area contributed by atoms with Crippen molar-refractivity contribution in [3.8, 4) is 5.69 Å². The molecule has 4 atom stereocenters. The quantitative estimate of drug-likeness (QED) is 0.641. The van der Waals surface area contributed by atoms with Gasteiger partial charge in [-0.15, -0.1) is 0 Å². The molecule has 4 unspecified atom stereocenters. The Labute approximate surface area is 168 Å². The Morgan fingerprint density at radius 1 is 1.10 bits per heavy atom. The number of hydrogen-bond donors (Lipinski definition) is 1. The maximum atomic E-state index is 12.7. The van der Waals surface area contributed by atoms with Crippen LogP contribution in [0.1, 0.15) is 17.8 Å². The third kappa shape index (κ3) is 2.80. The van der Waals surface area contributed by atoms with Crippen LogP contribution in [0.4, 0.5) is 5.69 Å². The summed E-state index contributed by atoms with van der Waals surface area (Å²) >= 11 is 0. The first-order valence-electron chi connectivity index (χ1n) is 9.89. The van der Waals surface area contributed by atoms with Crippen LogP contribution in [0.5, 0.6) is 0 Å². The third-order valence-electron chi connectivity index (χ3n) is 6.25. The van der Waals surface area contributed by atoms with Gasteiger partial charge in [0.1, 0.15) is 6.54 Å². The molecule has 148 valence electrons. The van der Waals surface area contributed by atoms with E-state index in [1.54, 1.807) is 6.07 Å². The van der Waals surface area contributed by atoms with Crippen molar-refractivity contribution in [2.75, 3.05) is 11.9 Å². The summed E-state index contributed by atoms with van der Waals surface area (Å²) in [6.07, 6.45) is 4.97. The summed E-state index contributed by atoms with van der Waals surface area (Å²) in [5, 5.41) is 7.27. The highest BCUT2D eigenvalue weighted by atomic mass is 16.2. The SMILES string of the molecule is Cc1cc(C)n(-c2cccc(NC(=O)CN3C(=O)C4C5C=CC(C5)C4C3=O)c2)n1. The van der Waals surface area contributed by atoms with Gasteiger partial charge in [-0.05, 0) is 56.4 Å². The van der Waals surface area contributed by atoms with E-state index in [0.717, 1.165) is 28.4 Å². The van der Waals surface area contributed by atoms with Gasteiger partial charge >= 0.3 is 0 Å². The average Bonchev–Trinajstić information content (AvgIpc) is 3.43. The normalized spacial score (nSPS) is 27.0. The number of likely N-dealkylation sites (tertiary alicyclic amines) is 1. The molecule has 2 aliphatic carbocycles. The van der Waals surface area contributed by atoms with E-state index in [9.17, 15) is 14.4 Å². The highest BCUT2D eigenvalue weighted by Crippen LogP contribution is 2.52. The van der Waals surface area contributed by atoms with Crippen molar-refractivity contribution in [1.82, 2.24) is 14.7 Å². The first-order valence-corrected chi connectivity index (χ1v) is 9.89. The van der Waals surface area contributed by atoms with Gasteiger partial charge in [0.25, 0.3) is 0 Å². The molecule has 1 N–H and O–H groups in total. The summed E-state index contributed by atoms with van der Waals surface area (Å²) in [5.41, 5.74) is 3.34. The molecule has 2 fully saturated rings. The van der Waals surface area contributed by atoms with Crippen LogP contribution in [0.3, 0.4) is 0 Å². The van der Waals surface area contributed by atoms with Gasteiger partial charge in [-0.25, -0.2) is 4.68 Å². The van der Waals surface area contributed by atoms with Gasteiger partial charge in [0.05, 0.1) is 23.2 Å². The van der Waals surface area contributed by atoms with Crippen molar-refractivity contribution in [3.05, 3.63) is 53.9 Å². The fourth-order valence-corrected chi connectivity index (χ4v) is 5.07. The van der Waals surface area contributed by atoms with Crippen LogP contribution < -0.4 is 5.32 Å². The van der Waals surface area contributed by atoms with E-state index in [4.69, 9.17) is 0 Å². The Morgan fingerprint density at radius 3 is 2.41 bits per heavy atom. The first kappa shape index (κ1) is 17.8. The van der Waals surface area contributed by atoms with Crippen LogP contribution in [0.15, 0.2) is 42.5 Å². The van der Waals surface area contributed by atoms with E-state index in [1.807, 2.05) is 54.9 Å². The number of allylic oxidation sites excluding steroid dienone is 2. The second kappa shape index (κ2) is 6.40. The van der Waals surface area contributed by atoms with Gasteiger partial charge in [0, 0.05) is 11.4 Å². The average molecular weight is 390 g/mol. The van der Waals surface area contributed by atoms with Crippen LogP contribution in [0, 0.1) is 37.5 Å². The fraction of sp³-hybridized carbons (Fsp3) is 0.364. The van der Waals surface area contributed by atoms with E-state index in [-0.39, 0.29) is 47.9 Å². The Morgan fingerprint density at radius 2 is 1.79 bits per heavy atom. The minimum atomic E-state index is -0.377. The lowest BCUT2D eigenvalue weighted by Crippen LogP contribution is -2.39. The summed E-state index contributed by atoms with van der Waals surface area (Å²) in [7, 11) is 0. The Kier molecular flexibility index (Phi) is 3.94. The van der Waals surface area contributed by atoms with Crippen molar-refractivity contribution in [1.29, 1.82) is 0 Å². The van der Waals surface area contributed by atoms with Crippen LogP contribution in [0.2, 0.25) is 0 Å². The molecule has 1 saturated carbocycles. The predicted molar refractivity (Wildman–Crippen MR) is 106 cm³/mol. The number of aromatic nitrogens is 2. The molecular formula is C22H22N4O3. The smallest absolute Gasteiger partial charge is 0.244 e. The van der Waals surface area contributed by atoms with Crippen LogP contribution >= 0.6 is 0 Å². The van der Waals surface area contributed by atoms with Crippen molar-refractivity contribution in [3.63, 3.8) is 0 Å². The summed E-state index contributed by atoms with van der Waals surface area (Å²) in [6.45, 7) is 3.65. The number of fused-ring (bicyclic) bond motifs is 5. The first-order chi connectivity index (χ1) is 13.9. The molecule has 7 heteroatoms. The molecular weight excluding hydrogens is 368 g/mol. The maximum absolute atomic E-state index is 12.7. The Bertz CT molecular complexity index is 1040. The number of rotatable bonds is 4. The van der Waals surface area contributed by atoms with Crippen molar-refractivity contribution < 1.29 is 14.4 Å². The van der Waals surface area contributed by atoms with Gasteiger partial charge in [-0.2, -0.15) is 5.10 Å². The topological polar surface area (TPSA) is 84.3 Å². The molecule has 2 heterocycles. The number of anilines is 1. The maximum Gasteiger partial charge on any atom is 0.244 e. The Balaban J connectivity index is 1.29. The van der Waals surface area contributed by atoms with Gasteiger partial charge in [-0.1, -0.05) is 18.2 Å². The summed E-state index contributed by atoms with van der Waals surface area (Å²) in [4.78, 5) is 39.2. The molecule has 3 aliphatic rings. The van der Waals surface area contributed by atoms with Gasteiger partial charge in [0.2, 0.25) is 17.7 Å². The number of nitrogens with zero attached hydrogens (tertiary/aromatic N) is 3. The van der Waals surface area contributed by atoms with Gasteiger partial charge < -0.3 is 5.32 Å². The zero-order valence-corrected chi connectivity index (χ0v) is 16.3. The lowest BCUT2D eigenvalue weighted by molar-refractivity contribution is -0.143. The molecule has 0 spiro atoms. The van der Waals surface area contributed by atoms with Crippen molar-refractivity contribution in [2.24, 2.45) is 23.7 Å². The lowest BCUT2D eigenvalue weighted by Gasteiger charge is -2.17. The van der Waals surface area contributed by atoms with Crippen LogP contribution in [-0.2, 0) is 14.4 Å². The second-order valence-corrected chi connectivity index (χ2v) is 8.20. The summed E-state index contributed by atoms with van der Waals surface area (Å²) < 4.78 is 1.81. The number of amides is 3. The third-order valence-corrected chi connectivity index (χ3v) is 6.25. The van der Waals surface area contributed by atoms with E-state index in [0.29, 0.717) is 5.69 Å². The largest absolute Gasteiger partial charge is 0.324 e. The minimum Gasteiger partial charge on any atom is -0.324 e. The molecule has 29 heavy (non-hydrogen) atoms. The van der Waals surface area contributed by atoms with E-state index in [1.165, 1.54) is 0 Å². The van der Waals surface area contributed by atoms with E-state index >= 15 is 0 Å². The molecule has 7 nitrogen and oxygen atoms in total. The number of aryl methyl sites for hydroxylation is 2. The highest BCUT2D eigenvalue weighted by molar-refractivity contribution is 6.09. The zero-order chi connectivity index (χ0) is 20.3. The zero-order valence-electron chi connectivity index (χ0n) is 16.3. The molecule has 3 amide bonds. The second-order valence-electron chi connectivity index (χ2n) is 8.20. The lowest BCUT2D eigenvalue weighted by atomic mass is 9.85. The Hall–Kier alpha value is -3.22. The molecule has 2 bridgehead atoms. The number of imide groups is 1. The van der Waals surface area contributed by atoms with Crippen molar-refractivity contribution in [2.45, 2.75) is 20.3 Å². The fourth-order valence-electron chi connectivity index (χ4n) is 5.07. The number of nitrogens with one attached hydrogen (secondary N) is 1. The summed E-state index contributed by atoms with van der Waals surface area (Å²) in [5.74, 6) is -1.05. The number of hydrogen-bond acceptors (Lipinski definition) is 4. The molecule has 2 aromatic rings. The number of benzene rings is 1. The van der Waals surface area contributed by atoms with E-state index in [2.05, 4.69) is 10.4 Å². The standard InChI is InChI=1S/C22H22N4O3/c1-12-8-13(2)26(24-12)17-5-3-4-16(10-17)23-18(27)11-25-21(28)19-14-6-7-15(9-14)20(19)22(25)29/h3-8,10,14-15,19-20H,9,11H2,1-2H3,(H,23,27). The van der Waals surface area contributed by atoms with Crippen molar-refractivity contribution >= 4 is 23.4 Å². The summed E-state index contributed by atoms with van der Waals surface area (Å²) in [6, 6.07) is 9.33. The predicted octanol–water partition coefficient (Wildman–Crippen LogP) is 2.23. The van der Waals surface area contributed by atoms with Gasteiger partial charge in [0.15, 0.2) is 0 Å². The molecule has 1 aromatic heterocycles. The molecule has 0 radical (unpaired) electrons. The van der Waals surface area contributed by atoms with E-state index < -0.39 is 0 Å². The monoisotopic (exact) mass is 390 g/mol. The molecule has 1 aromatic carbocycles. The minimum absolute atomic E-state index is 0.145. The molecule has 1 aliphatic heterocycles. The van der Waals surface area contributed by atoms with Gasteiger partial charge in [-0.3, -0.25) is 19.3 Å². The highest BCUT2D eigenvalue weighted by Gasteiger charge is 2.59. The number of carbonyl (C=O) groups is 3. The molecule has 1 saturated heterocycles. The van der Waals surface area contributed by atoms with Crippen LogP contribution in [0.25, 0.3) is 5.69 Å². The number of carbonyl (C=O) groups excluding carboxylic acids is 3.